The van der Waals surface area contributed by atoms with Crippen molar-refractivity contribution < 1.29 is 19.1 Å². The zero-order chi connectivity index (χ0) is 22.8. The molecule has 2 amide bonds. The maximum atomic E-state index is 12.3. The Labute approximate surface area is 196 Å². The Kier molecular flexibility index (Phi) is 9.74. The van der Waals surface area contributed by atoms with Gasteiger partial charge in [-0.05, 0) is 89.9 Å². The molecule has 0 fully saturated rings. The van der Waals surface area contributed by atoms with Crippen LogP contribution in [0.5, 0.6) is 11.5 Å². The van der Waals surface area contributed by atoms with Crippen molar-refractivity contribution in [1.82, 2.24) is 16.2 Å². The molecule has 9 heteroatoms. The summed E-state index contributed by atoms with van der Waals surface area (Å²) >= 11 is 8.44. The Morgan fingerprint density at radius 3 is 2.29 bits per heavy atom. The van der Waals surface area contributed by atoms with E-state index in [0.29, 0.717) is 46.2 Å². The minimum absolute atomic E-state index is 0.0306. The van der Waals surface area contributed by atoms with Crippen LogP contribution in [0, 0.1) is 5.92 Å². The first-order valence-electron chi connectivity index (χ1n) is 9.87. The van der Waals surface area contributed by atoms with Crippen LogP contribution in [-0.2, 0) is 0 Å². The molecule has 0 heterocycles. The van der Waals surface area contributed by atoms with Crippen LogP contribution in [0.3, 0.4) is 0 Å². The van der Waals surface area contributed by atoms with E-state index in [4.69, 9.17) is 21.7 Å². The van der Waals surface area contributed by atoms with E-state index in [1.54, 1.807) is 42.5 Å². The number of rotatable bonds is 8. The van der Waals surface area contributed by atoms with Crippen molar-refractivity contribution in [2.75, 3.05) is 13.2 Å². The first-order chi connectivity index (χ1) is 14.8. The van der Waals surface area contributed by atoms with Gasteiger partial charge < -0.3 is 9.47 Å². The number of hydrazine groups is 1. The van der Waals surface area contributed by atoms with Gasteiger partial charge in [0, 0.05) is 11.1 Å². The summed E-state index contributed by atoms with van der Waals surface area (Å²) in [6.45, 7) is 7.29. The molecule has 2 aromatic carbocycles. The molecule has 2 rings (SSSR count). The summed E-state index contributed by atoms with van der Waals surface area (Å²) in [6.07, 6.45) is 0.961. The molecule has 7 nitrogen and oxygen atoms in total. The Hall–Kier alpha value is -2.65. The maximum Gasteiger partial charge on any atom is 0.269 e. The molecule has 0 bridgehead atoms. The number of carbonyl (C=O) groups excluding carboxylic acids is 2. The monoisotopic (exact) mass is 507 g/mol. The van der Waals surface area contributed by atoms with E-state index in [9.17, 15) is 9.59 Å². The first-order valence-corrected chi connectivity index (χ1v) is 11.1. The second-order valence-corrected chi connectivity index (χ2v) is 8.26. The molecule has 0 atom stereocenters. The molecule has 0 spiro atoms. The average molecular weight is 508 g/mol. The van der Waals surface area contributed by atoms with Crippen molar-refractivity contribution in [3.63, 3.8) is 0 Å². The van der Waals surface area contributed by atoms with Crippen molar-refractivity contribution in [2.24, 2.45) is 5.92 Å². The summed E-state index contributed by atoms with van der Waals surface area (Å²) in [7, 11) is 0. The lowest BCUT2D eigenvalue weighted by molar-refractivity contribution is 0.0934. The van der Waals surface area contributed by atoms with E-state index in [0.717, 1.165) is 6.42 Å². The van der Waals surface area contributed by atoms with Gasteiger partial charge in [-0.15, -0.1) is 0 Å². The van der Waals surface area contributed by atoms with Crippen molar-refractivity contribution in [3.05, 3.63) is 58.1 Å². The van der Waals surface area contributed by atoms with Crippen molar-refractivity contribution in [1.29, 1.82) is 0 Å². The second-order valence-electron chi connectivity index (χ2n) is 7.00. The molecule has 0 unspecified atom stereocenters. The van der Waals surface area contributed by atoms with E-state index < -0.39 is 11.8 Å². The van der Waals surface area contributed by atoms with E-state index >= 15 is 0 Å². The summed E-state index contributed by atoms with van der Waals surface area (Å²) in [6, 6.07) is 11.7. The van der Waals surface area contributed by atoms with E-state index in [1.165, 1.54) is 0 Å². The molecule has 0 saturated heterocycles. The third-order valence-electron chi connectivity index (χ3n) is 4.09. The summed E-state index contributed by atoms with van der Waals surface area (Å²) in [5.41, 5.74) is 5.79. The van der Waals surface area contributed by atoms with Crippen LogP contribution in [0.4, 0.5) is 0 Å². The van der Waals surface area contributed by atoms with Gasteiger partial charge >= 0.3 is 0 Å². The highest BCUT2D eigenvalue weighted by atomic mass is 79.9. The minimum Gasteiger partial charge on any atom is -0.494 e. The lowest BCUT2D eigenvalue weighted by Crippen LogP contribution is -2.48. The van der Waals surface area contributed by atoms with Gasteiger partial charge in [0.25, 0.3) is 11.8 Å². The van der Waals surface area contributed by atoms with Gasteiger partial charge in [0.05, 0.1) is 17.7 Å². The first kappa shape index (κ1) is 24.6. The molecule has 0 aromatic heterocycles. The molecule has 0 aliphatic carbocycles. The van der Waals surface area contributed by atoms with Gasteiger partial charge in [0.1, 0.15) is 11.5 Å². The molecule has 166 valence electrons. The SMILES string of the molecule is CCOc1ccc(C(=O)NC(=S)NNC(=O)c2ccc(OCCC(C)C)cc2)cc1Br. The van der Waals surface area contributed by atoms with Crippen molar-refractivity contribution >= 4 is 45.1 Å². The number of hydrogen-bond donors (Lipinski definition) is 3. The van der Waals surface area contributed by atoms with Crippen LogP contribution in [0.1, 0.15) is 47.9 Å². The summed E-state index contributed by atoms with van der Waals surface area (Å²) in [5, 5.41) is 2.48. The summed E-state index contributed by atoms with van der Waals surface area (Å²) in [5.74, 6) is 1.10. The number of hydrogen-bond acceptors (Lipinski definition) is 5. The molecule has 0 aliphatic heterocycles. The van der Waals surface area contributed by atoms with E-state index in [-0.39, 0.29) is 5.11 Å². The smallest absolute Gasteiger partial charge is 0.269 e. The highest BCUT2D eigenvalue weighted by Crippen LogP contribution is 2.25. The molecule has 2 aromatic rings. The third kappa shape index (κ3) is 8.18. The molecule has 0 radical (unpaired) electrons. The Bertz CT molecular complexity index is 919. The number of thiocarbonyl (C=S) groups is 1. The Balaban J connectivity index is 1.81. The number of ether oxygens (including phenoxy) is 2. The van der Waals surface area contributed by atoms with Gasteiger partial charge in [-0.25, -0.2) is 0 Å². The zero-order valence-electron chi connectivity index (χ0n) is 17.7. The van der Waals surface area contributed by atoms with Gasteiger partial charge in [-0.1, -0.05) is 13.8 Å². The number of amides is 2. The summed E-state index contributed by atoms with van der Waals surface area (Å²) < 4.78 is 11.7. The second kappa shape index (κ2) is 12.3. The van der Waals surface area contributed by atoms with Crippen LogP contribution < -0.4 is 25.6 Å². The predicted octanol–water partition coefficient (Wildman–Crippen LogP) is 4.22. The number of halogens is 1. The zero-order valence-corrected chi connectivity index (χ0v) is 20.1. The topological polar surface area (TPSA) is 88.7 Å². The van der Waals surface area contributed by atoms with Crippen LogP contribution in [0.25, 0.3) is 0 Å². The highest BCUT2D eigenvalue weighted by Gasteiger charge is 2.12. The lowest BCUT2D eigenvalue weighted by atomic mass is 10.1. The molecule has 0 saturated carbocycles. The number of carbonyl (C=O) groups is 2. The molecule has 3 N–H and O–H groups in total. The average Bonchev–Trinajstić information content (AvgIpc) is 2.73. The number of nitrogens with one attached hydrogen (secondary N) is 3. The molecular formula is C22H26BrN3O4S. The third-order valence-corrected chi connectivity index (χ3v) is 4.91. The van der Waals surface area contributed by atoms with E-state index in [1.807, 2.05) is 6.92 Å². The van der Waals surface area contributed by atoms with Gasteiger partial charge in [-0.2, -0.15) is 0 Å². The van der Waals surface area contributed by atoms with Crippen LogP contribution in [-0.4, -0.2) is 30.1 Å². The Morgan fingerprint density at radius 1 is 1.00 bits per heavy atom. The maximum absolute atomic E-state index is 12.3. The molecule has 31 heavy (non-hydrogen) atoms. The lowest BCUT2D eigenvalue weighted by Gasteiger charge is -2.12. The fourth-order valence-electron chi connectivity index (χ4n) is 2.42. The molecular weight excluding hydrogens is 482 g/mol. The standard InChI is InChI=1S/C22H26BrN3O4S/c1-4-29-19-10-7-16(13-18(19)23)20(27)24-22(31)26-25-21(28)15-5-8-17(9-6-15)30-12-11-14(2)3/h5-10,13-14H,4,11-12H2,1-3H3,(H,25,28)(H2,24,26,27,31). The predicted molar refractivity (Wildman–Crippen MR) is 127 cm³/mol. The minimum atomic E-state index is -0.418. The Morgan fingerprint density at radius 2 is 1.68 bits per heavy atom. The van der Waals surface area contributed by atoms with Gasteiger partial charge in [0.15, 0.2) is 5.11 Å². The van der Waals surface area contributed by atoms with Crippen LogP contribution in [0.2, 0.25) is 0 Å². The fourth-order valence-corrected chi connectivity index (χ4v) is 3.06. The van der Waals surface area contributed by atoms with Crippen LogP contribution in [0.15, 0.2) is 46.9 Å². The quantitative estimate of drug-likeness (QED) is 0.366. The normalized spacial score (nSPS) is 10.4. The van der Waals surface area contributed by atoms with Gasteiger partial charge in [0.2, 0.25) is 0 Å². The van der Waals surface area contributed by atoms with Crippen LogP contribution >= 0.6 is 28.1 Å². The van der Waals surface area contributed by atoms with Crippen molar-refractivity contribution in [2.45, 2.75) is 27.2 Å². The fraction of sp³-hybridized carbons (Fsp3) is 0.318. The number of benzene rings is 2. The highest BCUT2D eigenvalue weighted by molar-refractivity contribution is 9.10. The van der Waals surface area contributed by atoms with E-state index in [2.05, 4.69) is 45.9 Å². The molecule has 0 aliphatic rings. The summed E-state index contributed by atoms with van der Waals surface area (Å²) in [4.78, 5) is 24.6. The largest absolute Gasteiger partial charge is 0.494 e. The van der Waals surface area contributed by atoms with Gasteiger partial charge in [-0.3, -0.25) is 25.8 Å². The van der Waals surface area contributed by atoms with Crippen molar-refractivity contribution in [3.8, 4) is 11.5 Å².